The van der Waals surface area contributed by atoms with Crippen molar-refractivity contribution in [2.45, 2.75) is 37.4 Å². The van der Waals surface area contributed by atoms with Gasteiger partial charge in [0.1, 0.15) is 0 Å². The smallest absolute Gasteiger partial charge is 0.339 e. The summed E-state index contributed by atoms with van der Waals surface area (Å²) in [6.07, 6.45) is 1.84. The summed E-state index contributed by atoms with van der Waals surface area (Å²) in [5, 5.41) is 0. The first kappa shape index (κ1) is 16.9. The molecule has 2 rings (SSSR count). The molecular weight excluding hydrogens is 310 g/mol. The van der Waals surface area contributed by atoms with Crippen LogP contribution < -0.4 is 4.89 Å². The molecule has 1 saturated heterocycles. The summed E-state index contributed by atoms with van der Waals surface area (Å²) in [6, 6.07) is 5.80. The van der Waals surface area contributed by atoms with Gasteiger partial charge in [0.25, 0.3) is 10.0 Å². The number of benzene rings is 1. The molecule has 0 aliphatic carbocycles. The van der Waals surface area contributed by atoms with Crippen LogP contribution in [0, 0.1) is 0 Å². The molecular formula is C14H19NO6S. The fraction of sp³-hybridized carbons (Fsp3) is 0.500. The molecule has 0 amide bonds. The molecule has 7 nitrogen and oxygen atoms in total. The summed E-state index contributed by atoms with van der Waals surface area (Å²) in [4.78, 5) is 18.8. The van der Waals surface area contributed by atoms with Crippen LogP contribution in [0.2, 0.25) is 0 Å². The van der Waals surface area contributed by atoms with Crippen molar-refractivity contribution in [3.63, 3.8) is 0 Å². The van der Waals surface area contributed by atoms with Gasteiger partial charge >= 0.3 is 5.97 Å². The van der Waals surface area contributed by atoms with Crippen LogP contribution in [0.25, 0.3) is 0 Å². The van der Waals surface area contributed by atoms with Gasteiger partial charge in [-0.3, -0.25) is 4.84 Å². The van der Waals surface area contributed by atoms with Gasteiger partial charge in [-0.25, -0.2) is 13.2 Å². The average molecular weight is 329 g/mol. The molecule has 8 heteroatoms. The second-order valence-corrected chi connectivity index (χ2v) is 6.33. The lowest BCUT2D eigenvalue weighted by molar-refractivity contribution is -0.179. The third-order valence-electron chi connectivity index (χ3n) is 3.10. The maximum atomic E-state index is 12.3. The van der Waals surface area contributed by atoms with Gasteiger partial charge in [0, 0.05) is 13.0 Å². The van der Waals surface area contributed by atoms with Crippen LogP contribution in [0.5, 0.6) is 0 Å². The van der Waals surface area contributed by atoms with Crippen LogP contribution in [-0.2, 0) is 24.3 Å². The molecule has 1 unspecified atom stereocenters. The average Bonchev–Trinajstić information content (AvgIpc) is 2.54. The largest absolute Gasteiger partial charge is 0.462 e. The van der Waals surface area contributed by atoms with E-state index in [0.29, 0.717) is 13.0 Å². The van der Waals surface area contributed by atoms with E-state index in [0.717, 1.165) is 12.8 Å². The minimum Gasteiger partial charge on any atom is -0.462 e. The molecule has 0 radical (unpaired) electrons. The Hall–Kier alpha value is -1.48. The zero-order chi connectivity index (χ0) is 16.0. The molecule has 0 spiro atoms. The third-order valence-corrected chi connectivity index (χ3v) is 4.35. The van der Waals surface area contributed by atoms with E-state index in [2.05, 4.69) is 0 Å². The number of esters is 1. The lowest BCUT2D eigenvalue weighted by atomic mass is 10.2. The van der Waals surface area contributed by atoms with Crippen LogP contribution in [0.4, 0.5) is 0 Å². The normalized spacial score (nSPS) is 18.9. The van der Waals surface area contributed by atoms with E-state index in [9.17, 15) is 13.2 Å². The van der Waals surface area contributed by atoms with E-state index in [1.165, 1.54) is 18.2 Å². The SMILES string of the molecule is CCOC(=O)c1ccccc1S(=O)(=O)NOC1CCCCO1. The van der Waals surface area contributed by atoms with Gasteiger partial charge in [0.05, 0.1) is 17.1 Å². The fourth-order valence-electron chi connectivity index (χ4n) is 2.04. The molecule has 22 heavy (non-hydrogen) atoms. The van der Waals surface area contributed by atoms with E-state index in [-0.39, 0.29) is 17.1 Å². The van der Waals surface area contributed by atoms with Crippen molar-refractivity contribution in [1.29, 1.82) is 0 Å². The van der Waals surface area contributed by atoms with Crippen LogP contribution in [-0.4, -0.2) is 33.9 Å². The van der Waals surface area contributed by atoms with Gasteiger partial charge in [-0.05, 0) is 31.9 Å². The van der Waals surface area contributed by atoms with E-state index < -0.39 is 22.3 Å². The van der Waals surface area contributed by atoms with Gasteiger partial charge in [-0.1, -0.05) is 17.0 Å². The van der Waals surface area contributed by atoms with Crippen molar-refractivity contribution in [2.24, 2.45) is 0 Å². The highest BCUT2D eigenvalue weighted by Crippen LogP contribution is 2.18. The molecule has 1 heterocycles. The Morgan fingerprint density at radius 2 is 2.14 bits per heavy atom. The Morgan fingerprint density at radius 1 is 1.36 bits per heavy atom. The Kier molecular flexibility index (Phi) is 5.90. The predicted octanol–water partition coefficient (Wildman–Crippen LogP) is 1.60. The van der Waals surface area contributed by atoms with Crippen molar-refractivity contribution >= 4 is 16.0 Å². The summed E-state index contributed by atoms with van der Waals surface area (Å²) >= 11 is 0. The molecule has 1 fully saturated rings. The zero-order valence-corrected chi connectivity index (χ0v) is 13.1. The van der Waals surface area contributed by atoms with Gasteiger partial charge in [-0.2, -0.15) is 0 Å². The molecule has 1 atom stereocenters. The minimum absolute atomic E-state index is 0.0370. The number of hydrogen-bond donors (Lipinski definition) is 1. The highest BCUT2D eigenvalue weighted by molar-refractivity contribution is 7.89. The number of nitrogens with one attached hydrogen (secondary N) is 1. The first-order valence-electron chi connectivity index (χ1n) is 7.10. The molecule has 122 valence electrons. The lowest BCUT2D eigenvalue weighted by Crippen LogP contribution is -2.33. The zero-order valence-electron chi connectivity index (χ0n) is 12.3. The van der Waals surface area contributed by atoms with Crippen molar-refractivity contribution < 1.29 is 27.5 Å². The predicted molar refractivity (Wildman–Crippen MR) is 77.4 cm³/mol. The van der Waals surface area contributed by atoms with Gasteiger partial charge < -0.3 is 9.47 Å². The quantitative estimate of drug-likeness (QED) is 0.630. The maximum absolute atomic E-state index is 12.3. The van der Waals surface area contributed by atoms with Gasteiger partial charge in [0.15, 0.2) is 6.29 Å². The molecule has 0 saturated carbocycles. The summed E-state index contributed by atoms with van der Waals surface area (Å²) in [7, 11) is -4.01. The highest BCUT2D eigenvalue weighted by Gasteiger charge is 2.25. The standard InChI is InChI=1S/C14H19NO6S/c1-2-19-14(16)11-7-3-4-8-12(11)22(17,18)15-21-13-9-5-6-10-20-13/h3-4,7-8,13,15H,2,5-6,9-10H2,1H3. The van der Waals surface area contributed by atoms with E-state index in [1.54, 1.807) is 13.0 Å². The Balaban J connectivity index is 2.13. The molecule has 1 aromatic rings. The lowest BCUT2D eigenvalue weighted by Gasteiger charge is -2.22. The Bertz CT molecular complexity index is 610. The Labute approximate surface area is 129 Å². The number of carbonyl (C=O) groups excluding carboxylic acids is 1. The van der Waals surface area contributed by atoms with E-state index in [1.807, 2.05) is 4.89 Å². The monoisotopic (exact) mass is 329 g/mol. The molecule has 1 aliphatic rings. The molecule has 1 aromatic carbocycles. The number of hydrogen-bond acceptors (Lipinski definition) is 6. The van der Waals surface area contributed by atoms with Crippen LogP contribution >= 0.6 is 0 Å². The second-order valence-electron chi connectivity index (χ2n) is 4.72. The summed E-state index contributed by atoms with van der Waals surface area (Å²) < 4.78 is 34.8. The van der Waals surface area contributed by atoms with E-state index in [4.69, 9.17) is 14.3 Å². The number of sulfonamides is 1. The molecule has 1 N–H and O–H groups in total. The second kappa shape index (κ2) is 7.68. The summed E-state index contributed by atoms with van der Waals surface area (Å²) in [6.45, 7) is 2.34. The summed E-state index contributed by atoms with van der Waals surface area (Å²) in [5.41, 5.74) is -0.0370. The van der Waals surface area contributed by atoms with Crippen molar-refractivity contribution in [2.75, 3.05) is 13.2 Å². The Morgan fingerprint density at radius 3 is 2.82 bits per heavy atom. The molecule has 0 aromatic heterocycles. The minimum atomic E-state index is -4.01. The molecule has 1 aliphatic heterocycles. The van der Waals surface area contributed by atoms with Crippen molar-refractivity contribution in [1.82, 2.24) is 4.89 Å². The topological polar surface area (TPSA) is 90.9 Å². The van der Waals surface area contributed by atoms with Gasteiger partial charge in [0.2, 0.25) is 0 Å². The summed E-state index contributed by atoms with van der Waals surface area (Å²) in [5.74, 6) is -0.697. The fourth-order valence-corrected chi connectivity index (χ4v) is 3.07. The first-order valence-corrected chi connectivity index (χ1v) is 8.58. The first-order chi connectivity index (χ1) is 10.5. The number of rotatable bonds is 6. The van der Waals surface area contributed by atoms with Crippen LogP contribution in [0.15, 0.2) is 29.2 Å². The van der Waals surface area contributed by atoms with Crippen molar-refractivity contribution in [3.05, 3.63) is 29.8 Å². The van der Waals surface area contributed by atoms with Crippen LogP contribution in [0.3, 0.4) is 0 Å². The highest BCUT2D eigenvalue weighted by atomic mass is 32.2. The third kappa shape index (κ3) is 4.26. The van der Waals surface area contributed by atoms with Crippen LogP contribution in [0.1, 0.15) is 36.5 Å². The number of carbonyl (C=O) groups is 1. The van der Waals surface area contributed by atoms with E-state index >= 15 is 0 Å². The van der Waals surface area contributed by atoms with Gasteiger partial charge in [-0.15, -0.1) is 0 Å². The number of ether oxygens (including phenoxy) is 2. The van der Waals surface area contributed by atoms with Crippen molar-refractivity contribution in [3.8, 4) is 0 Å². The molecule has 0 bridgehead atoms. The maximum Gasteiger partial charge on any atom is 0.339 e.